The molecular weight excluding hydrogens is 381 g/mol. The number of aromatic hydroxyl groups is 1. The third-order valence-electron chi connectivity index (χ3n) is 3.00. The Hall–Kier alpha value is -2.74. The van der Waals surface area contributed by atoms with Crippen LogP contribution in [0.3, 0.4) is 0 Å². The van der Waals surface area contributed by atoms with Crippen molar-refractivity contribution in [3.8, 4) is 5.75 Å². The summed E-state index contributed by atoms with van der Waals surface area (Å²) in [7, 11) is 0. The lowest BCUT2D eigenvalue weighted by atomic mass is 10.1. The smallest absolute Gasteiger partial charge is 0.329 e. The van der Waals surface area contributed by atoms with Crippen LogP contribution in [-0.2, 0) is 9.59 Å². The van der Waals surface area contributed by atoms with E-state index in [0.717, 1.165) is 6.07 Å². The average molecular weight is 394 g/mol. The summed E-state index contributed by atoms with van der Waals surface area (Å²) < 4.78 is 14.1. The molecule has 0 atom stereocenters. The largest absolute Gasteiger partial charge is 0.507 e. The van der Waals surface area contributed by atoms with E-state index in [1.54, 1.807) is 25.1 Å². The van der Waals surface area contributed by atoms with E-state index >= 15 is 0 Å². The van der Waals surface area contributed by atoms with E-state index in [0.29, 0.717) is 15.7 Å². The van der Waals surface area contributed by atoms with Crippen molar-refractivity contribution in [3.63, 3.8) is 0 Å². The maximum atomic E-state index is 13.6. The summed E-state index contributed by atoms with van der Waals surface area (Å²) in [4.78, 5) is 23.5. The summed E-state index contributed by atoms with van der Waals surface area (Å²) in [6.45, 7) is 1.56. The molecule has 6 nitrogen and oxygen atoms in total. The molecular formula is C16H13BrFN3O3. The summed E-state index contributed by atoms with van der Waals surface area (Å²) in [6, 6.07) is 10.4. The highest BCUT2D eigenvalue weighted by atomic mass is 79.9. The van der Waals surface area contributed by atoms with Gasteiger partial charge in [-0.15, -0.1) is 0 Å². The molecule has 0 heterocycles. The van der Waals surface area contributed by atoms with Gasteiger partial charge in [-0.05, 0) is 37.3 Å². The molecule has 0 saturated heterocycles. The number of nitrogens with one attached hydrogen (secondary N) is 2. The van der Waals surface area contributed by atoms with E-state index in [2.05, 4.69) is 31.8 Å². The van der Waals surface area contributed by atoms with Crippen LogP contribution in [0.15, 0.2) is 52.0 Å². The van der Waals surface area contributed by atoms with Crippen molar-refractivity contribution >= 4 is 39.1 Å². The molecule has 8 heteroatoms. The van der Waals surface area contributed by atoms with Crippen LogP contribution in [0.5, 0.6) is 5.75 Å². The summed E-state index contributed by atoms with van der Waals surface area (Å²) in [5.74, 6) is -2.81. The Bertz CT molecular complexity index is 824. The van der Waals surface area contributed by atoms with Gasteiger partial charge in [-0.1, -0.05) is 28.1 Å². The molecule has 124 valence electrons. The number of hydrazone groups is 1. The summed E-state index contributed by atoms with van der Waals surface area (Å²) in [5.41, 5.74) is 2.65. The molecule has 2 aromatic carbocycles. The maximum absolute atomic E-state index is 13.6. The lowest BCUT2D eigenvalue weighted by molar-refractivity contribution is -0.136. The monoisotopic (exact) mass is 393 g/mol. The van der Waals surface area contributed by atoms with E-state index in [1.165, 1.54) is 18.2 Å². The van der Waals surface area contributed by atoms with E-state index in [1.807, 2.05) is 0 Å². The number of phenolic OH excluding ortho intramolecular Hbond substituents is 1. The van der Waals surface area contributed by atoms with Gasteiger partial charge in [0.2, 0.25) is 0 Å². The Labute approximate surface area is 145 Å². The minimum Gasteiger partial charge on any atom is -0.507 e. The van der Waals surface area contributed by atoms with Gasteiger partial charge in [-0.25, -0.2) is 9.82 Å². The zero-order valence-electron chi connectivity index (χ0n) is 12.5. The molecule has 0 radical (unpaired) electrons. The second-order valence-corrected chi connectivity index (χ2v) is 5.65. The number of hydrogen-bond donors (Lipinski definition) is 3. The van der Waals surface area contributed by atoms with Crippen molar-refractivity contribution in [2.75, 3.05) is 5.32 Å². The predicted octanol–water partition coefficient (Wildman–Crippen LogP) is 2.77. The van der Waals surface area contributed by atoms with Gasteiger partial charge < -0.3 is 10.4 Å². The van der Waals surface area contributed by atoms with Gasteiger partial charge in [0.25, 0.3) is 0 Å². The third kappa shape index (κ3) is 4.39. The van der Waals surface area contributed by atoms with Crippen LogP contribution < -0.4 is 10.7 Å². The van der Waals surface area contributed by atoms with Gasteiger partial charge in [0.05, 0.1) is 11.4 Å². The second kappa shape index (κ2) is 7.69. The molecule has 2 aromatic rings. The Morgan fingerprint density at radius 1 is 1.17 bits per heavy atom. The number of amides is 2. The van der Waals surface area contributed by atoms with E-state index in [-0.39, 0.29) is 11.4 Å². The Kier molecular flexibility index (Phi) is 5.64. The minimum atomic E-state index is -1.06. The standard InChI is InChI=1S/C16H13BrFN3O3/c1-9(11-4-2-3-5-14(11)22)20-21-16(24)15(23)19-13-7-6-10(17)8-12(13)18/h2-8,22H,1H3,(H,19,23)(H,21,24)/b20-9+. The Balaban J connectivity index is 2.03. The number of hydrogen-bond acceptors (Lipinski definition) is 4. The SMILES string of the molecule is C/C(=N\NC(=O)C(=O)Nc1ccc(Br)cc1F)c1ccccc1O. The number of carbonyl (C=O) groups is 2. The summed E-state index contributed by atoms with van der Waals surface area (Å²) in [6.07, 6.45) is 0. The van der Waals surface area contributed by atoms with Gasteiger partial charge in [0.15, 0.2) is 0 Å². The van der Waals surface area contributed by atoms with Crippen LogP contribution in [0.1, 0.15) is 12.5 Å². The number of halogens is 2. The number of phenols is 1. The first-order chi connectivity index (χ1) is 11.4. The normalized spacial score (nSPS) is 11.0. The minimum absolute atomic E-state index is 0.00520. The lowest BCUT2D eigenvalue weighted by Gasteiger charge is -2.07. The molecule has 0 spiro atoms. The molecule has 0 fully saturated rings. The molecule has 0 aliphatic carbocycles. The molecule has 2 amide bonds. The number of carbonyl (C=O) groups excluding carboxylic acids is 2. The number of rotatable bonds is 3. The van der Waals surface area contributed by atoms with E-state index < -0.39 is 17.6 Å². The molecule has 0 aromatic heterocycles. The van der Waals surface area contributed by atoms with Crippen molar-refractivity contribution in [1.82, 2.24) is 5.43 Å². The first kappa shape index (κ1) is 17.6. The fraction of sp³-hybridized carbons (Fsp3) is 0.0625. The molecule has 0 aliphatic rings. The summed E-state index contributed by atoms with van der Waals surface area (Å²) in [5, 5.41) is 15.6. The number of nitrogens with zero attached hydrogens (tertiary/aromatic N) is 1. The second-order valence-electron chi connectivity index (χ2n) is 4.73. The molecule has 0 saturated carbocycles. The van der Waals surface area contributed by atoms with Gasteiger partial charge in [0.1, 0.15) is 11.6 Å². The van der Waals surface area contributed by atoms with Crippen molar-refractivity contribution in [1.29, 1.82) is 0 Å². The highest BCUT2D eigenvalue weighted by molar-refractivity contribution is 9.10. The zero-order chi connectivity index (χ0) is 17.7. The van der Waals surface area contributed by atoms with Crippen LogP contribution in [0.2, 0.25) is 0 Å². The highest BCUT2D eigenvalue weighted by Crippen LogP contribution is 2.19. The van der Waals surface area contributed by atoms with Crippen molar-refractivity contribution in [2.45, 2.75) is 6.92 Å². The average Bonchev–Trinajstić information content (AvgIpc) is 2.55. The van der Waals surface area contributed by atoms with Gasteiger partial charge in [-0.2, -0.15) is 5.10 Å². The van der Waals surface area contributed by atoms with Crippen molar-refractivity contribution in [3.05, 3.63) is 58.3 Å². The van der Waals surface area contributed by atoms with Gasteiger partial charge in [0, 0.05) is 10.0 Å². The zero-order valence-corrected chi connectivity index (χ0v) is 14.1. The van der Waals surface area contributed by atoms with Crippen LogP contribution >= 0.6 is 15.9 Å². The van der Waals surface area contributed by atoms with Crippen LogP contribution in [0.25, 0.3) is 0 Å². The number of para-hydroxylation sites is 1. The van der Waals surface area contributed by atoms with Crippen molar-refractivity contribution in [2.24, 2.45) is 5.10 Å². The number of anilines is 1. The maximum Gasteiger partial charge on any atom is 0.329 e. The fourth-order valence-corrected chi connectivity index (χ4v) is 2.13. The molecule has 3 N–H and O–H groups in total. The molecule has 2 rings (SSSR count). The lowest BCUT2D eigenvalue weighted by Crippen LogP contribution is -2.33. The summed E-state index contributed by atoms with van der Waals surface area (Å²) >= 11 is 3.09. The molecule has 0 aliphatic heterocycles. The van der Waals surface area contributed by atoms with Crippen LogP contribution in [0, 0.1) is 5.82 Å². The number of benzene rings is 2. The molecule has 24 heavy (non-hydrogen) atoms. The topological polar surface area (TPSA) is 90.8 Å². The van der Waals surface area contributed by atoms with Crippen LogP contribution in [0.4, 0.5) is 10.1 Å². The Morgan fingerprint density at radius 3 is 2.54 bits per heavy atom. The van der Waals surface area contributed by atoms with Crippen LogP contribution in [-0.4, -0.2) is 22.6 Å². The highest BCUT2D eigenvalue weighted by Gasteiger charge is 2.15. The quantitative estimate of drug-likeness (QED) is 0.425. The molecule has 0 unspecified atom stereocenters. The molecule has 0 bridgehead atoms. The van der Waals surface area contributed by atoms with Crippen molar-refractivity contribution < 1.29 is 19.1 Å². The first-order valence-corrected chi connectivity index (χ1v) is 7.57. The van der Waals surface area contributed by atoms with Gasteiger partial charge >= 0.3 is 11.8 Å². The Morgan fingerprint density at radius 2 is 1.88 bits per heavy atom. The predicted molar refractivity (Wildman–Crippen MR) is 91.2 cm³/mol. The van der Waals surface area contributed by atoms with E-state index in [4.69, 9.17) is 0 Å². The van der Waals surface area contributed by atoms with Gasteiger partial charge in [-0.3, -0.25) is 9.59 Å². The van der Waals surface area contributed by atoms with E-state index in [9.17, 15) is 19.1 Å². The first-order valence-electron chi connectivity index (χ1n) is 6.77. The fourth-order valence-electron chi connectivity index (χ4n) is 1.80. The third-order valence-corrected chi connectivity index (χ3v) is 3.50.